The summed E-state index contributed by atoms with van der Waals surface area (Å²) in [5.41, 5.74) is 1.15. The molecule has 0 spiro atoms. The van der Waals surface area contributed by atoms with Crippen molar-refractivity contribution >= 4 is 21.9 Å². The van der Waals surface area contributed by atoms with Crippen LogP contribution in [0.3, 0.4) is 0 Å². The van der Waals surface area contributed by atoms with E-state index in [1.54, 1.807) is 0 Å². The van der Waals surface area contributed by atoms with Gasteiger partial charge in [0, 0.05) is 12.4 Å². The largest absolute Gasteiger partial charge is 0.354 e. The molecule has 0 aliphatic heterocycles. The summed E-state index contributed by atoms with van der Waals surface area (Å²) in [7, 11) is -2.71. The van der Waals surface area contributed by atoms with Gasteiger partial charge >= 0.3 is 0 Å². The molecule has 0 saturated carbocycles. The number of hydrogen-bond donors (Lipinski definition) is 2. The summed E-state index contributed by atoms with van der Waals surface area (Å²) >= 11 is 0. The lowest BCUT2D eigenvalue weighted by atomic mass is 11.0. The first-order chi connectivity index (χ1) is 5.81. The van der Waals surface area contributed by atoms with Crippen LogP contribution in [-0.2, 0) is 0 Å². The average Bonchev–Trinajstić information content (AvgIpc) is 2.29. The van der Waals surface area contributed by atoms with Gasteiger partial charge in [0.25, 0.3) is 0 Å². The van der Waals surface area contributed by atoms with Gasteiger partial charge in [0.05, 0.1) is 0 Å². The van der Waals surface area contributed by atoms with Crippen molar-refractivity contribution in [3.05, 3.63) is 12.4 Å². The average molecular weight is 213 g/mol. The van der Waals surface area contributed by atoms with Gasteiger partial charge in [-0.25, -0.2) is 4.98 Å². The molecule has 0 bridgehead atoms. The van der Waals surface area contributed by atoms with E-state index >= 15 is 0 Å². The minimum absolute atomic E-state index is 1.15. The number of nitrogens with one attached hydrogen (secondary N) is 2. The fourth-order valence-electron chi connectivity index (χ4n) is 1.60. The Bertz CT molecular complexity index is 261. The van der Waals surface area contributed by atoms with Gasteiger partial charge < -0.3 is 9.63 Å². The highest BCUT2D eigenvalue weighted by Crippen LogP contribution is 2.03. The molecule has 0 atom stereocenters. The summed E-state index contributed by atoms with van der Waals surface area (Å²) in [6, 6.07) is 0. The van der Waals surface area contributed by atoms with Crippen molar-refractivity contribution in [1.82, 2.24) is 14.6 Å². The number of rotatable bonds is 3. The molecule has 74 valence electrons. The van der Waals surface area contributed by atoms with E-state index in [4.69, 9.17) is 0 Å². The Morgan fingerprint density at radius 3 is 2.23 bits per heavy atom. The number of H-pyrrole nitrogens is 1. The van der Waals surface area contributed by atoms with Crippen LogP contribution in [0.2, 0.25) is 32.7 Å². The van der Waals surface area contributed by atoms with Gasteiger partial charge in [-0.05, 0) is 0 Å². The molecule has 2 N–H and O–H groups in total. The minimum Gasteiger partial charge on any atom is -0.354 e. The first-order valence-corrected chi connectivity index (χ1v) is 11.1. The number of hydrogen-bond acceptors (Lipinski definition) is 2. The predicted molar refractivity (Wildman–Crippen MR) is 62.2 cm³/mol. The summed E-state index contributed by atoms with van der Waals surface area (Å²) in [6.07, 6.45) is 3.73. The van der Waals surface area contributed by atoms with Crippen molar-refractivity contribution in [2.75, 3.05) is 0 Å². The maximum Gasteiger partial charge on any atom is 0.188 e. The van der Waals surface area contributed by atoms with Gasteiger partial charge in [0.2, 0.25) is 0 Å². The number of nitrogens with zero attached hydrogens (tertiary/aromatic N) is 1. The zero-order valence-electron chi connectivity index (χ0n) is 9.10. The zero-order valence-corrected chi connectivity index (χ0v) is 11.1. The Balaban J connectivity index is 2.78. The summed E-state index contributed by atoms with van der Waals surface area (Å²) in [5, 5.41) is 0. The Morgan fingerprint density at radius 2 is 1.85 bits per heavy atom. The van der Waals surface area contributed by atoms with E-state index in [-0.39, 0.29) is 0 Å². The quantitative estimate of drug-likeness (QED) is 0.742. The molecule has 0 amide bonds. The Labute approximate surface area is 82.2 Å². The Hall–Kier alpha value is -0.396. The molecule has 0 aliphatic carbocycles. The molecular formula is C8H19N3Si2. The summed E-state index contributed by atoms with van der Waals surface area (Å²) in [5.74, 6) is 0. The van der Waals surface area contributed by atoms with Gasteiger partial charge in [0.1, 0.15) is 13.7 Å². The third-order valence-electron chi connectivity index (χ3n) is 1.78. The third-order valence-corrected chi connectivity index (χ3v) is 8.74. The predicted octanol–water partition coefficient (Wildman–Crippen LogP) is 1.25. The van der Waals surface area contributed by atoms with Crippen LogP contribution in [0.15, 0.2) is 12.4 Å². The van der Waals surface area contributed by atoms with Crippen molar-refractivity contribution < 1.29 is 0 Å². The lowest BCUT2D eigenvalue weighted by Gasteiger charge is -2.30. The molecule has 0 radical (unpaired) electrons. The van der Waals surface area contributed by atoms with Gasteiger partial charge in [0.15, 0.2) is 8.24 Å². The highest BCUT2D eigenvalue weighted by Gasteiger charge is 2.31. The summed E-state index contributed by atoms with van der Waals surface area (Å²) in [6.45, 7) is 11.6. The first kappa shape index (κ1) is 10.7. The maximum atomic E-state index is 4.34. The third kappa shape index (κ3) is 3.09. The van der Waals surface area contributed by atoms with E-state index in [1.807, 2.05) is 12.4 Å². The number of aromatic nitrogens is 2. The fraction of sp³-hybridized carbons (Fsp3) is 0.625. The van der Waals surface area contributed by atoms with E-state index < -0.39 is 16.5 Å². The Kier molecular flexibility index (Phi) is 2.79. The second kappa shape index (κ2) is 3.40. The van der Waals surface area contributed by atoms with Crippen molar-refractivity contribution in [1.29, 1.82) is 0 Å². The van der Waals surface area contributed by atoms with Crippen molar-refractivity contribution in [2.45, 2.75) is 32.7 Å². The molecule has 1 rings (SSSR count). The summed E-state index contributed by atoms with van der Waals surface area (Å²) in [4.78, 5) is 7.55. The first-order valence-electron chi connectivity index (χ1n) is 4.60. The molecule has 0 aliphatic rings. The van der Waals surface area contributed by atoms with Crippen LogP contribution in [0.1, 0.15) is 0 Å². The van der Waals surface area contributed by atoms with Crippen LogP contribution < -0.4 is 10.1 Å². The lowest BCUT2D eigenvalue weighted by molar-refractivity contribution is 1.26. The highest BCUT2D eigenvalue weighted by atomic mass is 28.4. The second-order valence-electron chi connectivity index (χ2n) is 4.94. The SMILES string of the molecule is C[Si](C)(C)N[Si](C)(C)c1ncc[nH]1. The summed E-state index contributed by atoms with van der Waals surface area (Å²) < 4.78 is 3.78. The lowest BCUT2D eigenvalue weighted by Crippen LogP contribution is -2.65. The second-order valence-corrected chi connectivity index (χ2v) is 14.2. The van der Waals surface area contributed by atoms with Crippen LogP contribution in [0.5, 0.6) is 0 Å². The Morgan fingerprint density at radius 1 is 1.23 bits per heavy atom. The van der Waals surface area contributed by atoms with Crippen molar-refractivity contribution in [3.8, 4) is 0 Å². The number of aromatic amines is 1. The molecule has 1 aromatic rings. The van der Waals surface area contributed by atoms with E-state index in [2.05, 4.69) is 47.4 Å². The number of imidazole rings is 1. The van der Waals surface area contributed by atoms with Crippen LogP contribution >= 0.6 is 0 Å². The molecule has 0 aromatic carbocycles. The molecule has 1 aromatic heterocycles. The molecule has 1 heterocycles. The van der Waals surface area contributed by atoms with E-state index in [0.717, 1.165) is 5.45 Å². The van der Waals surface area contributed by atoms with E-state index in [9.17, 15) is 0 Å². The van der Waals surface area contributed by atoms with Gasteiger partial charge in [-0.15, -0.1) is 0 Å². The van der Waals surface area contributed by atoms with E-state index in [1.165, 1.54) is 0 Å². The van der Waals surface area contributed by atoms with Crippen LogP contribution in [0.25, 0.3) is 0 Å². The van der Waals surface area contributed by atoms with E-state index in [0.29, 0.717) is 0 Å². The monoisotopic (exact) mass is 213 g/mol. The van der Waals surface area contributed by atoms with Crippen LogP contribution in [-0.4, -0.2) is 26.4 Å². The molecule has 0 unspecified atom stereocenters. The molecule has 13 heavy (non-hydrogen) atoms. The fourth-order valence-corrected chi connectivity index (χ4v) is 10.4. The smallest absolute Gasteiger partial charge is 0.188 e. The van der Waals surface area contributed by atoms with Crippen molar-refractivity contribution in [2.24, 2.45) is 0 Å². The van der Waals surface area contributed by atoms with Crippen molar-refractivity contribution in [3.63, 3.8) is 0 Å². The molecule has 3 nitrogen and oxygen atoms in total. The van der Waals surface area contributed by atoms with Crippen LogP contribution in [0.4, 0.5) is 0 Å². The topological polar surface area (TPSA) is 40.7 Å². The molecule has 0 fully saturated rings. The molecule has 0 saturated heterocycles. The zero-order chi connectivity index (χ0) is 10.1. The maximum absolute atomic E-state index is 4.34. The molecular weight excluding hydrogens is 194 g/mol. The minimum atomic E-state index is -1.52. The standard InChI is InChI=1S/C8H19N3Si2/c1-12(2,3)11-13(4,5)8-9-6-7-10-8/h6-7,11H,1-5H3,(H,9,10). The molecule has 5 heteroatoms. The van der Waals surface area contributed by atoms with Gasteiger partial charge in [-0.2, -0.15) is 0 Å². The highest BCUT2D eigenvalue weighted by molar-refractivity contribution is 6.96. The van der Waals surface area contributed by atoms with Gasteiger partial charge in [-0.1, -0.05) is 32.7 Å². The normalized spacial score (nSPS) is 13.3. The van der Waals surface area contributed by atoms with Crippen LogP contribution in [0, 0.1) is 0 Å². The van der Waals surface area contributed by atoms with Gasteiger partial charge in [-0.3, -0.25) is 0 Å².